The molecule has 0 amide bonds. The summed E-state index contributed by atoms with van der Waals surface area (Å²) in [5.41, 5.74) is 6.04. The highest BCUT2D eigenvalue weighted by atomic mass is 16.6. The molecule has 0 aliphatic carbocycles. The second-order valence-electron chi connectivity index (χ2n) is 5.90. The zero-order valence-corrected chi connectivity index (χ0v) is 15.1. The van der Waals surface area contributed by atoms with Crippen LogP contribution in [-0.4, -0.2) is 27.8 Å². The molecule has 0 bridgehead atoms. The average molecular weight is 403 g/mol. The summed E-state index contributed by atoms with van der Waals surface area (Å²) in [6.07, 6.45) is -0.158. The minimum absolute atomic E-state index is 0.0229. The van der Waals surface area contributed by atoms with Crippen LogP contribution in [-0.2, 0) is 20.9 Å². The van der Waals surface area contributed by atoms with Gasteiger partial charge in [-0.05, 0) is 36.2 Å². The molecular formula is C18H17N3O8. The lowest BCUT2D eigenvalue weighted by molar-refractivity contribution is -0.385. The van der Waals surface area contributed by atoms with Crippen molar-refractivity contribution in [1.82, 2.24) is 0 Å². The maximum absolute atomic E-state index is 11.9. The maximum Gasteiger partial charge on any atom is 0.328 e. The predicted octanol–water partition coefficient (Wildman–Crippen LogP) is 2.26. The molecule has 0 saturated heterocycles. The minimum Gasteiger partial charge on any atom is -0.461 e. The molecule has 2 N–H and O–H groups in total. The molecule has 1 atom stereocenters. The van der Waals surface area contributed by atoms with Gasteiger partial charge < -0.3 is 15.2 Å². The van der Waals surface area contributed by atoms with E-state index >= 15 is 0 Å². The van der Waals surface area contributed by atoms with Crippen LogP contribution < -0.4 is 10.5 Å². The summed E-state index contributed by atoms with van der Waals surface area (Å²) in [6, 6.07) is 9.35. The summed E-state index contributed by atoms with van der Waals surface area (Å²) in [7, 11) is 0. The first-order chi connectivity index (χ1) is 13.8. The highest BCUT2D eigenvalue weighted by molar-refractivity contribution is 5.79. The smallest absolute Gasteiger partial charge is 0.328 e. The topological polar surface area (TPSA) is 165 Å². The SMILES string of the molecule is NC(CCC(=O)OCc1ccc([N+](=O)[O-])cc1)C(=O)Oc1ccc([N+](=O)[O-])cc1. The Kier molecular flexibility index (Phi) is 7.32. The first-order valence-electron chi connectivity index (χ1n) is 8.37. The van der Waals surface area contributed by atoms with Crippen LogP contribution in [0.2, 0.25) is 0 Å². The summed E-state index contributed by atoms with van der Waals surface area (Å²) in [6.45, 7) is -0.0701. The molecule has 0 spiro atoms. The third-order valence-corrected chi connectivity index (χ3v) is 3.78. The monoisotopic (exact) mass is 403 g/mol. The average Bonchev–Trinajstić information content (AvgIpc) is 2.71. The highest BCUT2D eigenvalue weighted by Crippen LogP contribution is 2.18. The molecule has 11 nitrogen and oxygen atoms in total. The minimum atomic E-state index is -1.09. The van der Waals surface area contributed by atoms with Gasteiger partial charge >= 0.3 is 11.9 Å². The van der Waals surface area contributed by atoms with Crippen LogP contribution in [0.3, 0.4) is 0 Å². The number of esters is 2. The fourth-order valence-electron chi connectivity index (χ4n) is 2.17. The molecule has 0 fully saturated rings. The van der Waals surface area contributed by atoms with Gasteiger partial charge in [-0.15, -0.1) is 0 Å². The number of benzene rings is 2. The molecule has 29 heavy (non-hydrogen) atoms. The van der Waals surface area contributed by atoms with Gasteiger partial charge in [-0.1, -0.05) is 0 Å². The number of carbonyl (C=O) groups excluding carboxylic acids is 2. The van der Waals surface area contributed by atoms with Gasteiger partial charge in [0.15, 0.2) is 0 Å². The van der Waals surface area contributed by atoms with Crippen molar-refractivity contribution < 1.29 is 28.9 Å². The molecule has 0 aromatic heterocycles. The van der Waals surface area contributed by atoms with E-state index in [0.717, 1.165) is 0 Å². The lowest BCUT2D eigenvalue weighted by atomic mass is 10.1. The molecule has 11 heteroatoms. The number of nitro groups is 2. The van der Waals surface area contributed by atoms with E-state index < -0.39 is 27.8 Å². The predicted molar refractivity (Wildman–Crippen MR) is 98.8 cm³/mol. The van der Waals surface area contributed by atoms with E-state index in [9.17, 15) is 29.8 Å². The molecule has 152 valence electrons. The number of nitro benzene ring substituents is 2. The second kappa shape index (κ2) is 9.90. The number of hydrogen-bond donors (Lipinski definition) is 1. The molecule has 0 saturated carbocycles. The van der Waals surface area contributed by atoms with Gasteiger partial charge in [0, 0.05) is 30.7 Å². The molecule has 2 aromatic carbocycles. The van der Waals surface area contributed by atoms with Crippen molar-refractivity contribution in [2.75, 3.05) is 0 Å². The van der Waals surface area contributed by atoms with Crippen molar-refractivity contribution >= 4 is 23.3 Å². The highest BCUT2D eigenvalue weighted by Gasteiger charge is 2.18. The third-order valence-electron chi connectivity index (χ3n) is 3.78. The van der Waals surface area contributed by atoms with Gasteiger partial charge in [-0.25, -0.2) is 4.79 Å². The van der Waals surface area contributed by atoms with Crippen LogP contribution >= 0.6 is 0 Å². The summed E-state index contributed by atoms with van der Waals surface area (Å²) < 4.78 is 10.0. The standard InChI is InChI=1S/C18H17N3O8/c19-16(18(23)29-15-7-5-14(6-8-15)21(26)27)9-10-17(22)28-11-12-1-3-13(4-2-12)20(24)25/h1-8,16H,9-11,19H2. The molecule has 0 heterocycles. The number of nitrogens with zero attached hydrogens (tertiary/aromatic N) is 2. The van der Waals surface area contributed by atoms with Crippen LogP contribution in [0.5, 0.6) is 5.75 Å². The quantitative estimate of drug-likeness (QED) is 0.286. The number of ether oxygens (including phenoxy) is 2. The Morgan fingerprint density at radius 3 is 1.97 bits per heavy atom. The molecular weight excluding hydrogens is 386 g/mol. The lowest BCUT2D eigenvalue weighted by Gasteiger charge is -2.11. The largest absolute Gasteiger partial charge is 0.461 e. The molecule has 2 rings (SSSR count). The van der Waals surface area contributed by atoms with Gasteiger partial charge in [0.2, 0.25) is 0 Å². The zero-order valence-electron chi connectivity index (χ0n) is 15.1. The van der Waals surface area contributed by atoms with Crippen LogP contribution in [0.4, 0.5) is 11.4 Å². The normalized spacial score (nSPS) is 11.3. The number of hydrogen-bond acceptors (Lipinski definition) is 9. The van der Waals surface area contributed by atoms with Gasteiger partial charge in [-0.2, -0.15) is 0 Å². The van der Waals surface area contributed by atoms with E-state index in [0.29, 0.717) is 5.56 Å². The van der Waals surface area contributed by atoms with Crippen molar-refractivity contribution in [2.45, 2.75) is 25.5 Å². The van der Waals surface area contributed by atoms with Crippen LogP contribution in [0.1, 0.15) is 18.4 Å². The van der Waals surface area contributed by atoms with Gasteiger partial charge in [0.05, 0.1) is 9.85 Å². The Balaban J connectivity index is 1.74. The zero-order chi connectivity index (χ0) is 21.4. The Bertz CT molecular complexity index is 896. The molecule has 1 unspecified atom stereocenters. The summed E-state index contributed by atoms with van der Waals surface area (Å²) in [4.78, 5) is 43.7. The second-order valence-corrected chi connectivity index (χ2v) is 5.90. The Morgan fingerprint density at radius 2 is 1.45 bits per heavy atom. The van der Waals surface area contributed by atoms with E-state index in [1.54, 1.807) is 0 Å². The fraction of sp³-hybridized carbons (Fsp3) is 0.222. The van der Waals surface area contributed by atoms with Crippen LogP contribution in [0.15, 0.2) is 48.5 Å². The van der Waals surface area contributed by atoms with E-state index in [1.165, 1.54) is 48.5 Å². The number of carbonyl (C=O) groups is 2. The van der Waals surface area contributed by atoms with E-state index in [1.807, 2.05) is 0 Å². The number of rotatable bonds is 9. The first kappa shape index (κ1) is 21.4. The van der Waals surface area contributed by atoms with Crippen molar-refractivity contribution in [3.8, 4) is 5.75 Å². The molecule has 0 radical (unpaired) electrons. The van der Waals surface area contributed by atoms with Crippen molar-refractivity contribution in [3.63, 3.8) is 0 Å². The number of nitrogens with two attached hydrogens (primary N) is 1. The fourth-order valence-corrected chi connectivity index (χ4v) is 2.17. The maximum atomic E-state index is 11.9. The summed E-state index contributed by atoms with van der Waals surface area (Å²) in [5.74, 6) is -1.29. The Hall–Kier alpha value is -3.86. The van der Waals surface area contributed by atoms with Gasteiger partial charge in [0.25, 0.3) is 11.4 Å². The van der Waals surface area contributed by atoms with Crippen LogP contribution in [0, 0.1) is 20.2 Å². The van der Waals surface area contributed by atoms with E-state index in [4.69, 9.17) is 15.2 Å². The van der Waals surface area contributed by atoms with E-state index in [-0.39, 0.29) is 36.6 Å². The Labute approximate surface area is 164 Å². The molecule has 0 aliphatic rings. The van der Waals surface area contributed by atoms with Crippen molar-refractivity contribution in [1.29, 1.82) is 0 Å². The van der Waals surface area contributed by atoms with Crippen LogP contribution in [0.25, 0.3) is 0 Å². The summed E-state index contributed by atoms with van der Waals surface area (Å²) in [5, 5.41) is 21.2. The van der Waals surface area contributed by atoms with Crippen molar-refractivity contribution in [2.24, 2.45) is 5.73 Å². The number of non-ortho nitro benzene ring substituents is 2. The molecule has 0 aliphatic heterocycles. The first-order valence-corrected chi connectivity index (χ1v) is 8.37. The lowest BCUT2D eigenvalue weighted by Crippen LogP contribution is -2.34. The third kappa shape index (κ3) is 6.66. The van der Waals surface area contributed by atoms with Gasteiger partial charge in [-0.3, -0.25) is 25.0 Å². The van der Waals surface area contributed by atoms with Crippen molar-refractivity contribution in [3.05, 3.63) is 74.3 Å². The van der Waals surface area contributed by atoms with E-state index in [2.05, 4.69) is 0 Å². The molecule has 2 aromatic rings. The van der Waals surface area contributed by atoms with Gasteiger partial charge in [0.1, 0.15) is 18.4 Å². The Morgan fingerprint density at radius 1 is 0.931 bits per heavy atom. The summed E-state index contributed by atoms with van der Waals surface area (Å²) >= 11 is 0.